The van der Waals surface area contributed by atoms with Crippen molar-refractivity contribution in [3.05, 3.63) is 34.9 Å². The molecular weight excluding hydrogens is 258 g/mol. The first-order chi connectivity index (χ1) is 7.16. The van der Waals surface area contributed by atoms with E-state index in [0.29, 0.717) is 11.3 Å². The van der Waals surface area contributed by atoms with Gasteiger partial charge >= 0.3 is 5.97 Å². The van der Waals surface area contributed by atoms with Crippen molar-refractivity contribution >= 4 is 32.8 Å². The van der Waals surface area contributed by atoms with Crippen LogP contribution >= 0.6 is 15.9 Å². The van der Waals surface area contributed by atoms with E-state index in [2.05, 4.69) is 20.9 Å². The second kappa shape index (κ2) is 3.98. The summed E-state index contributed by atoms with van der Waals surface area (Å²) in [5.74, 6) is 0.144. The maximum atomic E-state index is 10.9. The normalized spacial score (nSPS) is 10.3. The highest BCUT2D eigenvalue weighted by molar-refractivity contribution is 9.10. The van der Waals surface area contributed by atoms with E-state index >= 15 is 0 Å². The first-order valence-corrected chi connectivity index (χ1v) is 5.20. The molecule has 0 saturated heterocycles. The number of ether oxygens (including phenoxy) is 1. The van der Waals surface area contributed by atoms with Crippen molar-refractivity contribution < 1.29 is 9.53 Å². The van der Waals surface area contributed by atoms with E-state index in [4.69, 9.17) is 4.74 Å². The minimum atomic E-state index is -0.343. The van der Waals surface area contributed by atoms with Crippen LogP contribution in [0.1, 0.15) is 6.92 Å². The molecule has 1 heterocycles. The summed E-state index contributed by atoms with van der Waals surface area (Å²) in [5.41, 5.74) is 0.682. The lowest BCUT2D eigenvalue weighted by Crippen LogP contribution is -2.02. The molecule has 0 saturated carbocycles. The summed E-state index contributed by atoms with van der Waals surface area (Å²) in [7, 11) is 0. The standard InChI is InChI=1S/C11H8BrNO2/c1-7(14)15-9-4-2-3-8-5-6-10(12)13-11(8)9/h2-6H,1H3. The van der Waals surface area contributed by atoms with Crippen molar-refractivity contribution in [1.82, 2.24) is 4.98 Å². The Morgan fingerprint density at radius 1 is 1.33 bits per heavy atom. The first kappa shape index (κ1) is 10.1. The number of pyridine rings is 1. The van der Waals surface area contributed by atoms with E-state index < -0.39 is 0 Å². The van der Waals surface area contributed by atoms with Crippen molar-refractivity contribution in [2.24, 2.45) is 0 Å². The zero-order valence-electron chi connectivity index (χ0n) is 8.03. The van der Waals surface area contributed by atoms with Crippen molar-refractivity contribution in [2.45, 2.75) is 6.92 Å². The molecule has 4 heteroatoms. The molecule has 0 fully saturated rings. The van der Waals surface area contributed by atoms with Crippen LogP contribution in [0.4, 0.5) is 0 Å². The van der Waals surface area contributed by atoms with Gasteiger partial charge in [0.25, 0.3) is 0 Å². The van der Waals surface area contributed by atoms with Crippen molar-refractivity contribution in [3.63, 3.8) is 0 Å². The van der Waals surface area contributed by atoms with Crippen LogP contribution in [-0.2, 0) is 4.79 Å². The second-order valence-electron chi connectivity index (χ2n) is 3.06. The lowest BCUT2D eigenvalue weighted by Gasteiger charge is -2.04. The van der Waals surface area contributed by atoms with Crippen LogP contribution in [0.3, 0.4) is 0 Å². The number of esters is 1. The summed E-state index contributed by atoms with van der Waals surface area (Å²) in [6, 6.07) is 9.24. The zero-order chi connectivity index (χ0) is 10.8. The number of hydrogen-bond acceptors (Lipinski definition) is 3. The van der Waals surface area contributed by atoms with Gasteiger partial charge in [0.15, 0.2) is 5.75 Å². The summed E-state index contributed by atoms with van der Waals surface area (Å²) in [5, 5.41) is 0.942. The molecular formula is C11H8BrNO2. The van der Waals surface area contributed by atoms with Gasteiger partial charge in [-0.1, -0.05) is 12.1 Å². The molecule has 76 valence electrons. The molecule has 0 aliphatic rings. The average molecular weight is 266 g/mol. The van der Waals surface area contributed by atoms with Crippen molar-refractivity contribution in [3.8, 4) is 5.75 Å². The summed E-state index contributed by atoms with van der Waals surface area (Å²) in [4.78, 5) is 15.1. The SMILES string of the molecule is CC(=O)Oc1cccc2ccc(Br)nc12. The Morgan fingerprint density at radius 3 is 2.87 bits per heavy atom. The molecule has 0 aliphatic heterocycles. The lowest BCUT2D eigenvalue weighted by atomic mass is 10.2. The number of nitrogens with zero attached hydrogens (tertiary/aromatic N) is 1. The summed E-state index contributed by atoms with van der Waals surface area (Å²) in [6.07, 6.45) is 0. The second-order valence-corrected chi connectivity index (χ2v) is 3.87. The Kier molecular flexibility index (Phi) is 2.68. The fourth-order valence-corrected chi connectivity index (χ4v) is 1.64. The lowest BCUT2D eigenvalue weighted by molar-refractivity contribution is -0.131. The molecule has 0 N–H and O–H groups in total. The van der Waals surface area contributed by atoms with E-state index in [-0.39, 0.29) is 5.97 Å². The minimum absolute atomic E-state index is 0.343. The summed E-state index contributed by atoms with van der Waals surface area (Å²) in [6.45, 7) is 1.37. The van der Waals surface area contributed by atoms with Gasteiger partial charge in [0, 0.05) is 12.3 Å². The Balaban J connectivity index is 2.63. The van der Waals surface area contributed by atoms with E-state index in [9.17, 15) is 4.79 Å². The van der Waals surface area contributed by atoms with Crippen LogP contribution in [-0.4, -0.2) is 11.0 Å². The average Bonchev–Trinajstić information content (AvgIpc) is 2.18. The van der Waals surface area contributed by atoms with Gasteiger partial charge in [-0.05, 0) is 34.1 Å². The number of hydrogen-bond donors (Lipinski definition) is 0. The van der Waals surface area contributed by atoms with Gasteiger partial charge in [0.1, 0.15) is 10.1 Å². The van der Waals surface area contributed by atoms with Crippen LogP contribution < -0.4 is 4.74 Å². The topological polar surface area (TPSA) is 39.2 Å². The van der Waals surface area contributed by atoms with Crippen LogP contribution in [0.5, 0.6) is 5.75 Å². The number of fused-ring (bicyclic) bond motifs is 1. The van der Waals surface area contributed by atoms with Crippen molar-refractivity contribution in [2.75, 3.05) is 0 Å². The predicted molar refractivity (Wildman–Crippen MR) is 60.8 cm³/mol. The number of halogens is 1. The molecule has 3 nitrogen and oxygen atoms in total. The Bertz CT molecular complexity index is 525. The highest BCUT2D eigenvalue weighted by Gasteiger charge is 2.05. The monoisotopic (exact) mass is 265 g/mol. The van der Waals surface area contributed by atoms with Crippen LogP contribution in [0.25, 0.3) is 10.9 Å². The third-order valence-electron chi connectivity index (χ3n) is 1.90. The molecule has 0 unspecified atom stereocenters. The maximum Gasteiger partial charge on any atom is 0.308 e. The molecule has 0 spiro atoms. The van der Waals surface area contributed by atoms with Gasteiger partial charge < -0.3 is 4.74 Å². The summed E-state index contributed by atoms with van der Waals surface area (Å²) >= 11 is 3.28. The minimum Gasteiger partial charge on any atom is -0.424 e. The molecule has 2 rings (SSSR count). The number of rotatable bonds is 1. The van der Waals surface area contributed by atoms with E-state index in [1.54, 1.807) is 6.07 Å². The Morgan fingerprint density at radius 2 is 2.13 bits per heavy atom. The number of carbonyl (C=O) groups excluding carboxylic acids is 1. The predicted octanol–water partition coefficient (Wildman–Crippen LogP) is 2.92. The number of benzene rings is 1. The highest BCUT2D eigenvalue weighted by atomic mass is 79.9. The Labute approximate surface area is 95.2 Å². The molecule has 0 bridgehead atoms. The van der Waals surface area contributed by atoms with Crippen molar-refractivity contribution in [1.29, 1.82) is 0 Å². The largest absolute Gasteiger partial charge is 0.424 e. The molecule has 0 amide bonds. The van der Waals surface area contributed by atoms with E-state index in [0.717, 1.165) is 9.99 Å². The van der Waals surface area contributed by atoms with Crippen LogP contribution in [0.15, 0.2) is 34.9 Å². The maximum absolute atomic E-state index is 10.9. The zero-order valence-corrected chi connectivity index (χ0v) is 9.61. The molecule has 0 radical (unpaired) electrons. The van der Waals surface area contributed by atoms with Gasteiger partial charge in [0.2, 0.25) is 0 Å². The van der Waals surface area contributed by atoms with Gasteiger partial charge in [-0.2, -0.15) is 0 Å². The molecule has 0 atom stereocenters. The van der Waals surface area contributed by atoms with Gasteiger partial charge in [-0.3, -0.25) is 4.79 Å². The molecule has 0 aliphatic carbocycles. The number of carbonyl (C=O) groups is 1. The smallest absolute Gasteiger partial charge is 0.308 e. The van der Waals surface area contributed by atoms with Crippen LogP contribution in [0.2, 0.25) is 0 Å². The molecule has 2 aromatic rings. The molecule has 1 aromatic carbocycles. The quantitative estimate of drug-likeness (QED) is 0.452. The third-order valence-corrected chi connectivity index (χ3v) is 2.34. The van der Waals surface area contributed by atoms with E-state index in [1.165, 1.54) is 6.92 Å². The van der Waals surface area contributed by atoms with Gasteiger partial charge in [0.05, 0.1) is 0 Å². The molecule has 15 heavy (non-hydrogen) atoms. The Hall–Kier alpha value is -1.42. The highest BCUT2D eigenvalue weighted by Crippen LogP contribution is 2.25. The van der Waals surface area contributed by atoms with Crippen LogP contribution in [0, 0.1) is 0 Å². The fraction of sp³-hybridized carbons (Fsp3) is 0.0909. The molecule has 1 aromatic heterocycles. The fourth-order valence-electron chi connectivity index (χ4n) is 1.33. The third kappa shape index (κ3) is 2.15. The van der Waals surface area contributed by atoms with E-state index in [1.807, 2.05) is 24.3 Å². The summed E-state index contributed by atoms with van der Waals surface area (Å²) < 4.78 is 5.78. The van der Waals surface area contributed by atoms with Gasteiger partial charge in [-0.15, -0.1) is 0 Å². The number of aromatic nitrogens is 1. The van der Waals surface area contributed by atoms with Gasteiger partial charge in [-0.25, -0.2) is 4.98 Å². The first-order valence-electron chi connectivity index (χ1n) is 4.40. The number of para-hydroxylation sites is 1.